The lowest BCUT2D eigenvalue weighted by molar-refractivity contribution is 0.274. The van der Waals surface area contributed by atoms with Gasteiger partial charge >= 0.3 is 0 Å². The fourth-order valence-corrected chi connectivity index (χ4v) is 3.28. The first-order chi connectivity index (χ1) is 9.74. The van der Waals surface area contributed by atoms with Crippen LogP contribution in [0.5, 0.6) is 0 Å². The van der Waals surface area contributed by atoms with Crippen LogP contribution < -0.4 is 10.2 Å². The molecule has 3 heterocycles. The summed E-state index contributed by atoms with van der Waals surface area (Å²) in [7, 11) is 0. The molecule has 4 nitrogen and oxygen atoms in total. The maximum Gasteiger partial charge on any atom is 0.151 e. The van der Waals surface area contributed by atoms with Crippen LogP contribution >= 0.6 is 0 Å². The number of aromatic nitrogens is 1. The maximum absolute atomic E-state index is 4.61. The van der Waals surface area contributed by atoms with Crippen LogP contribution in [0.1, 0.15) is 33.1 Å². The van der Waals surface area contributed by atoms with Crippen molar-refractivity contribution >= 4 is 11.5 Å². The Morgan fingerprint density at radius 3 is 2.75 bits per heavy atom. The second-order valence-corrected chi connectivity index (χ2v) is 6.29. The molecule has 1 aromatic rings. The number of likely N-dealkylation sites (tertiary alicyclic amines) is 1. The van der Waals surface area contributed by atoms with E-state index in [1.165, 1.54) is 31.5 Å². The van der Waals surface area contributed by atoms with Crippen molar-refractivity contribution in [3.8, 4) is 0 Å². The van der Waals surface area contributed by atoms with Gasteiger partial charge in [-0.3, -0.25) is 4.90 Å². The molecule has 1 atom stereocenters. The topological polar surface area (TPSA) is 31.4 Å². The van der Waals surface area contributed by atoms with Crippen molar-refractivity contribution in [2.75, 3.05) is 36.4 Å². The second-order valence-electron chi connectivity index (χ2n) is 6.29. The first-order valence-electron chi connectivity index (χ1n) is 7.94. The zero-order chi connectivity index (χ0) is 13.9. The van der Waals surface area contributed by atoms with Gasteiger partial charge in [0, 0.05) is 44.5 Å². The molecule has 0 bridgehead atoms. The molecule has 0 amide bonds. The Morgan fingerprint density at radius 1 is 1.25 bits per heavy atom. The minimum absolute atomic E-state index is 0.558. The molecular weight excluding hydrogens is 248 g/mol. The summed E-state index contributed by atoms with van der Waals surface area (Å²) in [6, 6.07) is 5.42. The molecule has 2 aliphatic heterocycles. The van der Waals surface area contributed by atoms with E-state index in [9.17, 15) is 0 Å². The Hall–Kier alpha value is -1.29. The van der Waals surface area contributed by atoms with Crippen LogP contribution in [0.2, 0.25) is 0 Å². The quantitative estimate of drug-likeness (QED) is 0.914. The fourth-order valence-electron chi connectivity index (χ4n) is 3.28. The molecule has 2 aliphatic rings. The minimum Gasteiger partial charge on any atom is -0.378 e. The van der Waals surface area contributed by atoms with E-state index in [0.29, 0.717) is 12.1 Å². The number of anilines is 2. The molecule has 4 heteroatoms. The SMILES string of the molecule is CC(C)N1CCC(Nc2cccnc2N2CCCC2)C1. The van der Waals surface area contributed by atoms with Gasteiger partial charge in [-0.1, -0.05) is 0 Å². The van der Waals surface area contributed by atoms with Gasteiger partial charge in [0.25, 0.3) is 0 Å². The summed E-state index contributed by atoms with van der Waals surface area (Å²) in [5, 5.41) is 3.73. The van der Waals surface area contributed by atoms with Gasteiger partial charge in [0.1, 0.15) is 0 Å². The van der Waals surface area contributed by atoms with Crippen molar-refractivity contribution in [2.24, 2.45) is 0 Å². The Balaban J connectivity index is 1.68. The summed E-state index contributed by atoms with van der Waals surface area (Å²) in [4.78, 5) is 9.57. The maximum atomic E-state index is 4.61. The molecule has 0 aliphatic carbocycles. The van der Waals surface area contributed by atoms with Gasteiger partial charge in [0.2, 0.25) is 0 Å². The predicted molar refractivity (Wildman–Crippen MR) is 84.4 cm³/mol. The lowest BCUT2D eigenvalue weighted by atomic mass is 10.2. The van der Waals surface area contributed by atoms with E-state index in [1.807, 2.05) is 12.3 Å². The molecule has 0 spiro atoms. The third-order valence-electron chi connectivity index (χ3n) is 4.50. The van der Waals surface area contributed by atoms with E-state index < -0.39 is 0 Å². The van der Waals surface area contributed by atoms with E-state index in [0.717, 1.165) is 25.5 Å². The summed E-state index contributed by atoms with van der Waals surface area (Å²) in [5.74, 6) is 1.15. The zero-order valence-electron chi connectivity index (χ0n) is 12.7. The summed E-state index contributed by atoms with van der Waals surface area (Å²) >= 11 is 0. The van der Waals surface area contributed by atoms with Crippen LogP contribution in [-0.2, 0) is 0 Å². The van der Waals surface area contributed by atoms with Crippen LogP contribution in [-0.4, -0.2) is 48.1 Å². The highest BCUT2D eigenvalue weighted by atomic mass is 15.2. The highest BCUT2D eigenvalue weighted by Crippen LogP contribution is 2.28. The molecule has 110 valence electrons. The largest absolute Gasteiger partial charge is 0.378 e. The van der Waals surface area contributed by atoms with Crippen molar-refractivity contribution in [2.45, 2.75) is 45.2 Å². The van der Waals surface area contributed by atoms with Crippen molar-refractivity contribution < 1.29 is 0 Å². The van der Waals surface area contributed by atoms with Crippen molar-refractivity contribution in [1.29, 1.82) is 0 Å². The monoisotopic (exact) mass is 274 g/mol. The van der Waals surface area contributed by atoms with E-state index in [1.54, 1.807) is 0 Å². The first-order valence-corrected chi connectivity index (χ1v) is 7.94. The fraction of sp³-hybridized carbons (Fsp3) is 0.688. The number of hydrogen-bond acceptors (Lipinski definition) is 4. The molecule has 0 radical (unpaired) electrons. The van der Waals surface area contributed by atoms with Gasteiger partial charge in [-0.25, -0.2) is 4.98 Å². The van der Waals surface area contributed by atoms with Gasteiger partial charge in [-0.15, -0.1) is 0 Å². The van der Waals surface area contributed by atoms with E-state index in [4.69, 9.17) is 0 Å². The van der Waals surface area contributed by atoms with Crippen LogP contribution in [0.3, 0.4) is 0 Å². The van der Waals surface area contributed by atoms with Crippen LogP contribution in [0, 0.1) is 0 Å². The molecule has 3 rings (SSSR count). The van der Waals surface area contributed by atoms with Crippen LogP contribution in [0.4, 0.5) is 11.5 Å². The molecule has 1 aromatic heterocycles. The number of rotatable bonds is 4. The van der Waals surface area contributed by atoms with Gasteiger partial charge in [-0.2, -0.15) is 0 Å². The molecule has 1 N–H and O–H groups in total. The van der Waals surface area contributed by atoms with Crippen LogP contribution in [0.15, 0.2) is 18.3 Å². The lowest BCUT2D eigenvalue weighted by Gasteiger charge is -2.24. The van der Waals surface area contributed by atoms with Gasteiger partial charge in [0.05, 0.1) is 5.69 Å². The first kappa shape index (κ1) is 13.7. The average molecular weight is 274 g/mol. The minimum atomic E-state index is 0.558. The zero-order valence-corrected chi connectivity index (χ0v) is 12.7. The van der Waals surface area contributed by atoms with E-state index >= 15 is 0 Å². The van der Waals surface area contributed by atoms with Crippen LogP contribution in [0.25, 0.3) is 0 Å². The number of pyridine rings is 1. The lowest BCUT2D eigenvalue weighted by Crippen LogP contribution is -2.31. The van der Waals surface area contributed by atoms with Gasteiger partial charge < -0.3 is 10.2 Å². The number of nitrogens with one attached hydrogen (secondary N) is 1. The van der Waals surface area contributed by atoms with Gasteiger partial charge in [0.15, 0.2) is 5.82 Å². The van der Waals surface area contributed by atoms with E-state index in [-0.39, 0.29) is 0 Å². The van der Waals surface area contributed by atoms with Crippen molar-refractivity contribution in [1.82, 2.24) is 9.88 Å². The average Bonchev–Trinajstić information content (AvgIpc) is 3.10. The summed E-state index contributed by atoms with van der Waals surface area (Å²) in [6.07, 6.45) is 5.72. The summed E-state index contributed by atoms with van der Waals surface area (Å²) in [5.41, 5.74) is 1.21. The third kappa shape index (κ3) is 2.90. The summed E-state index contributed by atoms with van der Waals surface area (Å²) in [6.45, 7) is 9.20. The molecule has 2 fully saturated rings. The Kier molecular flexibility index (Phi) is 4.10. The van der Waals surface area contributed by atoms with E-state index in [2.05, 4.69) is 40.0 Å². The van der Waals surface area contributed by atoms with Gasteiger partial charge in [-0.05, 0) is 45.2 Å². The third-order valence-corrected chi connectivity index (χ3v) is 4.50. The normalized spacial score (nSPS) is 23.8. The van der Waals surface area contributed by atoms with Crippen molar-refractivity contribution in [3.05, 3.63) is 18.3 Å². The molecule has 1 unspecified atom stereocenters. The predicted octanol–water partition coefficient (Wildman–Crippen LogP) is 2.58. The van der Waals surface area contributed by atoms with Crippen molar-refractivity contribution in [3.63, 3.8) is 0 Å². The summed E-state index contributed by atoms with van der Waals surface area (Å²) < 4.78 is 0. The number of nitrogens with zero attached hydrogens (tertiary/aromatic N) is 3. The Labute approximate surface area is 122 Å². The molecule has 0 saturated carbocycles. The standard InChI is InChI=1S/C16H26N4/c1-13(2)20-11-7-14(12-20)18-15-6-5-8-17-16(15)19-9-3-4-10-19/h5-6,8,13-14,18H,3-4,7,9-12H2,1-2H3. The highest BCUT2D eigenvalue weighted by molar-refractivity contribution is 5.66. The molecule has 2 saturated heterocycles. The second kappa shape index (κ2) is 6.00. The molecule has 20 heavy (non-hydrogen) atoms. The highest BCUT2D eigenvalue weighted by Gasteiger charge is 2.25. The smallest absolute Gasteiger partial charge is 0.151 e. The molecule has 0 aromatic carbocycles. The Morgan fingerprint density at radius 2 is 2.05 bits per heavy atom. The molecular formula is C16H26N4. The Bertz CT molecular complexity index is 440. The number of hydrogen-bond donors (Lipinski definition) is 1.